The molecule has 0 atom stereocenters. The number of alkyl halides is 1. The Morgan fingerprint density at radius 3 is 2.09 bits per heavy atom. The molecule has 0 aliphatic carbocycles. The van der Waals surface area contributed by atoms with E-state index in [0.717, 1.165) is 11.5 Å². The molecule has 0 aliphatic rings. The first-order valence-electron chi connectivity index (χ1n) is 3.54. The minimum atomic E-state index is -0.501. The van der Waals surface area contributed by atoms with E-state index in [0.29, 0.717) is 5.89 Å². The van der Waals surface area contributed by atoms with Gasteiger partial charge in [-0.25, -0.2) is 4.98 Å². The van der Waals surface area contributed by atoms with Crippen LogP contribution in [0.4, 0.5) is 0 Å². The predicted molar refractivity (Wildman–Crippen MR) is 44.9 cm³/mol. The fourth-order valence-corrected chi connectivity index (χ4v) is 0.808. The van der Waals surface area contributed by atoms with Gasteiger partial charge in [0.15, 0.2) is 0 Å². The highest BCUT2D eigenvalue weighted by Gasteiger charge is 2.23. The Morgan fingerprint density at radius 2 is 1.91 bits per heavy atom. The van der Waals surface area contributed by atoms with Gasteiger partial charge in [0, 0.05) is 0 Å². The lowest BCUT2D eigenvalue weighted by molar-refractivity contribution is 0.429. The average Bonchev–Trinajstić information content (AvgIpc) is 2.11. The summed E-state index contributed by atoms with van der Waals surface area (Å²) in [4.78, 5) is 3.68. The van der Waals surface area contributed by atoms with Gasteiger partial charge in [-0.05, 0) is 27.7 Å². The zero-order chi connectivity index (χ0) is 8.65. The van der Waals surface area contributed by atoms with Crippen LogP contribution in [0.2, 0.25) is 0 Å². The predicted octanol–water partition coefficient (Wildman–Crippen LogP) is 2.77. The number of hydrogen-bond acceptors (Lipinski definition) is 2. The van der Waals surface area contributed by atoms with Gasteiger partial charge in [-0.15, -0.1) is 11.6 Å². The largest absolute Gasteiger partial charge is 0.444 e. The van der Waals surface area contributed by atoms with Crippen LogP contribution in [0.5, 0.6) is 0 Å². The van der Waals surface area contributed by atoms with Crippen molar-refractivity contribution in [3.05, 3.63) is 17.3 Å². The molecule has 1 rings (SSSR count). The molecule has 1 heterocycles. The maximum Gasteiger partial charge on any atom is 0.215 e. The Hall–Kier alpha value is -0.500. The summed E-state index contributed by atoms with van der Waals surface area (Å²) in [7, 11) is 0. The van der Waals surface area contributed by atoms with Crippen molar-refractivity contribution in [2.75, 3.05) is 0 Å². The van der Waals surface area contributed by atoms with Crippen molar-refractivity contribution in [3.63, 3.8) is 0 Å². The summed E-state index contributed by atoms with van der Waals surface area (Å²) in [6, 6.07) is 0. The molecule has 0 aliphatic heterocycles. The van der Waals surface area contributed by atoms with Crippen molar-refractivity contribution in [3.8, 4) is 0 Å². The van der Waals surface area contributed by atoms with E-state index >= 15 is 0 Å². The first kappa shape index (κ1) is 8.60. The van der Waals surface area contributed by atoms with Crippen LogP contribution >= 0.6 is 11.6 Å². The minimum absolute atomic E-state index is 0.501. The van der Waals surface area contributed by atoms with Crippen LogP contribution in [0, 0.1) is 13.8 Å². The van der Waals surface area contributed by atoms with Crippen molar-refractivity contribution in [1.82, 2.24) is 4.98 Å². The third-order valence-electron chi connectivity index (χ3n) is 1.54. The second kappa shape index (κ2) is 2.52. The second-order valence-electron chi connectivity index (χ2n) is 3.13. The maximum absolute atomic E-state index is 5.99. The summed E-state index contributed by atoms with van der Waals surface area (Å²) in [6.07, 6.45) is 0. The van der Waals surface area contributed by atoms with Gasteiger partial charge in [0.25, 0.3) is 0 Å². The quantitative estimate of drug-likeness (QED) is 0.611. The second-order valence-corrected chi connectivity index (χ2v) is 4.08. The molecule has 0 unspecified atom stereocenters. The molecule has 2 nitrogen and oxygen atoms in total. The lowest BCUT2D eigenvalue weighted by atomic mass is 10.2. The van der Waals surface area contributed by atoms with Crippen LogP contribution < -0.4 is 0 Å². The fourth-order valence-electron chi connectivity index (χ4n) is 0.727. The topological polar surface area (TPSA) is 26.0 Å². The molecule has 0 radical (unpaired) electrons. The fraction of sp³-hybridized carbons (Fsp3) is 0.625. The maximum atomic E-state index is 5.99. The third kappa shape index (κ3) is 1.74. The van der Waals surface area contributed by atoms with Crippen LogP contribution in [0.3, 0.4) is 0 Å². The van der Waals surface area contributed by atoms with Crippen LogP contribution in [0.25, 0.3) is 0 Å². The van der Waals surface area contributed by atoms with Crippen molar-refractivity contribution in [2.24, 2.45) is 0 Å². The van der Waals surface area contributed by atoms with Gasteiger partial charge >= 0.3 is 0 Å². The first-order valence-corrected chi connectivity index (χ1v) is 3.92. The van der Waals surface area contributed by atoms with E-state index in [1.165, 1.54) is 0 Å². The van der Waals surface area contributed by atoms with E-state index in [1.54, 1.807) is 0 Å². The standard InChI is InChI=1S/C8H12ClNO/c1-5-6(2)11-7(10-5)8(3,4)9/h1-4H3. The molecule has 0 amide bonds. The summed E-state index contributed by atoms with van der Waals surface area (Å²) < 4.78 is 5.34. The Kier molecular flexibility index (Phi) is 1.97. The third-order valence-corrected chi connectivity index (χ3v) is 1.70. The molecule has 1 aromatic rings. The molecule has 62 valence electrons. The summed E-state index contributed by atoms with van der Waals surface area (Å²) >= 11 is 5.99. The van der Waals surface area contributed by atoms with E-state index in [-0.39, 0.29) is 0 Å². The van der Waals surface area contributed by atoms with Gasteiger partial charge in [0.05, 0.1) is 5.69 Å². The number of oxazole rings is 1. The Labute approximate surface area is 71.6 Å². The molecule has 0 saturated carbocycles. The van der Waals surface area contributed by atoms with Gasteiger partial charge in [-0.3, -0.25) is 0 Å². The van der Waals surface area contributed by atoms with Crippen molar-refractivity contribution in [1.29, 1.82) is 0 Å². The zero-order valence-corrected chi connectivity index (χ0v) is 7.99. The highest BCUT2D eigenvalue weighted by molar-refractivity contribution is 6.23. The number of nitrogens with zero attached hydrogens (tertiary/aromatic N) is 1. The van der Waals surface area contributed by atoms with Crippen LogP contribution in [-0.4, -0.2) is 4.98 Å². The van der Waals surface area contributed by atoms with Crippen LogP contribution in [0.1, 0.15) is 31.2 Å². The first-order chi connectivity index (χ1) is 4.91. The number of hydrogen-bond donors (Lipinski definition) is 0. The molecule has 0 fully saturated rings. The average molecular weight is 174 g/mol. The number of halogens is 1. The van der Waals surface area contributed by atoms with E-state index in [4.69, 9.17) is 16.0 Å². The minimum Gasteiger partial charge on any atom is -0.444 e. The van der Waals surface area contributed by atoms with E-state index < -0.39 is 4.87 Å². The molecule has 11 heavy (non-hydrogen) atoms. The highest BCUT2D eigenvalue weighted by atomic mass is 35.5. The van der Waals surface area contributed by atoms with Crippen LogP contribution in [-0.2, 0) is 4.87 Å². The molecule has 0 bridgehead atoms. The molecular formula is C8H12ClNO. The Balaban J connectivity index is 3.08. The summed E-state index contributed by atoms with van der Waals surface area (Å²) in [6.45, 7) is 7.51. The van der Waals surface area contributed by atoms with Crippen molar-refractivity contribution in [2.45, 2.75) is 32.6 Å². The molecule has 0 aromatic carbocycles. The van der Waals surface area contributed by atoms with Gasteiger partial charge in [-0.1, -0.05) is 0 Å². The lowest BCUT2D eigenvalue weighted by Gasteiger charge is -2.08. The monoisotopic (exact) mass is 173 g/mol. The number of aromatic nitrogens is 1. The molecule has 1 aromatic heterocycles. The lowest BCUT2D eigenvalue weighted by Crippen LogP contribution is -2.07. The molecule has 0 saturated heterocycles. The Bertz CT molecular complexity index is 240. The SMILES string of the molecule is Cc1nc(C(C)(C)Cl)oc1C. The van der Waals surface area contributed by atoms with E-state index in [2.05, 4.69) is 4.98 Å². The molecular weight excluding hydrogens is 162 g/mol. The smallest absolute Gasteiger partial charge is 0.215 e. The summed E-state index contributed by atoms with van der Waals surface area (Å²) in [5.41, 5.74) is 0.911. The Morgan fingerprint density at radius 1 is 1.36 bits per heavy atom. The molecule has 0 spiro atoms. The van der Waals surface area contributed by atoms with Gasteiger partial charge < -0.3 is 4.42 Å². The highest BCUT2D eigenvalue weighted by Crippen LogP contribution is 2.27. The summed E-state index contributed by atoms with van der Waals surface area (Å²) in [5, 5.41) is 0. The van der Waals surface area contributed by atoms with Crippen LogP contribution in [0.15, 0.2) is 4.42 Å². The molecule has 3 heteroatoms. The van der Waals surface area contributed by atoms with E-state index in [1.807, 2.05) is 27.7 Å². The van der Waals surface area contributed by atoms with E-state index in [9.17, 15) is 0 Å². The normalized spacial score (nSPS) is 12.1. The van der Waals surface area contributed by atoms with Gasteiger partial charge in [0.2, 0.25) is 5.89 Å². The number of rotatable bonds is 1. The van der Waals surface area contributed by atoms with Gasteiger partial charge in [0.1, 0.15) is 10.6 Å². The van der Waals surface area contributed by atoms with Crippen molar-refractivity contribution < 1.29 is 4.42 Å². The summed E-state index contributed by atoms with van der Waals surface area (Å²) in [5.74, 6) is 1.43. The van der Waals surface area contributed by atoms with Crippen molar-refractivity contribution >= 4 is 11.6 Å². The van der Waals surface area contributed by atoms with Gasteiger partial charge in [-0.2, -0.15) is 0 Å². The zero-order valence-electron chi connectivity index (χ0n) is 7.23. The number of aryl methyl sites for hydroxylation is 2. The molecule has 0 N–H and O–H groups in total.